The van der Waals surface area contributed by atoms with Crippen LogP contribution in [0.25, 0.3) is 0 Å². The number of carbonyl (C=O) groups is 1. The summed E-state index contributed by atoms with van der Waals surface area (Å²) >= 11 is 0. The summed E-state index contributed by atoms with van der Waals surface area (Å²) in [7, 11) is 0. The van der Waals surface area contributed by atoms with Gasteiger partial charge in [-0.25, -0.2) is 0 Å². The highest BCUT2D eigenvalue weighted by molar-refractivity contribution is 5.78. The minimum atomic E-state index is -0.114. The Balaban J connectivity index is 1.46. The van der Waals surface area contributed by atoms with Crippen LogP contribution in [-0.2, 0) is 17.8 Å². The Morgan fingerprint density at radius 3 is 2.00 bits per heavy atom. The monoisotopic (exact) mass is 357 g/mol. The van der Waals surface area contributed by atoms with Crippen LogP contribution in [-0.4, -0.2) is 19.0 Å². The van der Waals surface area contributed by atoms with Crippen LogP contribution in [0.5, 0.6) is 0 Å². The van der Waals surface area contributed by atoms with Gasteiger partial charge in [0.25, 0.3) is 5.91 Å². The fraction of sp³-hybridized carbons (Fsp3) is 0.208. The number of benzene rings is 3. The molecule has 0 bridgehead atoms. The Hall–Kier alpha value is -2.91. The zero-order valence-corrected chi connectivity index (χ0v) is 15.4. The minimum absolute atomic E-state index is 0.0992. The molecule has 3 nitrogen and oxygen atoms in total. The molecule has 2 N–H and O–H groups in total. The van der Waals surface area contributed by atoms with E-state index in [0.29, 0.717) is 6.54 Å². The highest BCUT2D eigenvalue weighted by Gasteiger charge is 2.23. The van der Waals surface area contributed by atoms with E-state index >= 15 is 0 Å². The van der Waals surface area contributed by atoms with Gasteiger partial charge >= 0.3 is 0 Å². The van der Waals surface area contributed by atoms with Crippen LogP contribution in [0, 0.1) is 0 Å². The maximum atomic E-state index is 12.8. The number of nitrogens with one attached hydrogen (secondary N) is 2. The number of hydrogen-bond donors (Lipinski definition) is 2. The second kappa shape index (κ2) is 8.19. The summed E-state index contributed by atoms with van der Waals surface area (Å²) < 4.78 is 0. The molecule has 0 aliphatic carbocycles. The molecule has 1 aliphatic rings. The minimum Gasteiger partial charge on any atom is -0.340 e. The first kappa shape index (κ1) is 17.5. The van der Waals surface area contributed by atoms with Gasteiger partial charge in [-0.15, -0.1) is 0 Å². The Morgan fingerprint density at radius 2 is 1.37 bits per heavy atom. The smallest absolute Gasteiger partial charge is 0.275 e. The largest absolute Gasteiger partial charge is 0.340 e. The molecule has 3 heteroatoms. The van der Waals surface area contributed by atoms with Gasteiger partial charge in [0.15, 0.2) is 6.54 Å². The molecule has 0 radical (unpaired) electrons. The third-order valence-corrected chi connectivity index (χ3v) is 5.29. The fourth-order valence-electron chi connectivity index (χ4n) is 3.88. The average molecular weight is 357 g/mol. The van der Waals surface area contributed by atoms with Gasteiger partial charge in [-0.2, -0.15) is 0 Å². The van der Waals surface area contributed by atoms with E-state index in [1.807, 2.05) is 36.4 Å². The predicted molar refractivity (Wildman–Crippen MR) is 107 cm³/mol. The average Bonchev–Trinajstić information content (AvgIpc) is 2.73. The molecule has 1 heterocycles. The van der Waals surface area contributed by atoms with E-state index in [1.54, 1.807) is 0 Å². The van der Waals surface area contributed by atoms with Crippen LogP contribution in [0.4, 0.5) is 0 Å². The van der Waals surface area contributed by atoms with E-state index in [0.717, 1.165) is 30.6 Å². The first-order valence-corrected chi connectivity index (χ1v) is 9.59. The van der Waals surface area contributed by atoms with E-state index in [1.165, 1.54) is 16.0 Å². The Bertz CT molecular complexity index is 853. The van der Waals surface area contributed by atoms with Gasteiger partial charge < -0.3 is 10.2 Å². The summed E-state index contributed by atoms with van der Waals surface area (Å²) in [5.41, 5.74) is 5.01. The van der Waals surface area contributed by atoms with Gasteiger partial charge in [-0.05, 0) is 16.7 Å². The molecule has 4 rings (SSSR count). The van der Waals surface area contributed by atoms with Gasteiger partial charge in [0.2, 0.25) is 0 Å². The summed E-state index contributed by atoms with van der Waals surface area (Å²) in [6.45, 7) is 2.43. The van der Waals surface area contributed by atoms with Crippen molar-refractivity contribution >= 4 is 5.91 Å². The van der Waals surface area contributed by atoms with E-state index in [2.05, 4.69) is 53.8 Å². The van der Waals surface area contributed by atoms with Crippen LogP contribution < -0.4 is 10.2 Å². The molecule has 0 aromatic heterocycles. The summed E-state index contributed by atoms with van der Waals surface area (Å²) in [5, 5.41) is 3.26. The van der Waals surface area contributed by atoms with E-state index in [9.17, 15) is 4.79 Å². The zero-order chi connectivity index (χ0) is 18.5. The van der Waals surface area contributed by atoms with E-state index < -0.39 is 0 Å². The van der Waals surface area contributed by atoms with Crippen molar-refractivity contribution in [1.82, 2.24) is 5.32 Å². The number of hydrogen-bond acceptors (Lipinski definition) is 1. The van der Waals surface area contributed by atoms with Gasteiger partial charge in [-0.1, -0.05) is 84.9 Å². The zero-order valence-electron chi connectivity index (χ0n) is 15.4. The third-order valence-electron chi connectivity index (χ3n) is 5.29. The van der Waals surface area contributed by atoms with Crippen molar-refractivity contribution in [3.63, 3.8) is 0 Å². The summed E-state index contributed by atoms with van der Waals surface area (Å²) in [6.07, 6.45) is 1.04. The number of carbonyl (C=O) groups excluding carboxylic acids is 1. The van der Waals surface area contributed by atoms with Crippen molar-refractivity contribution in [2.24, 2.45) is 0 Å². The Kier molecular flexibility index (Phi) is 5.31. The first-order valence-electron chi connectivity index (χ1n) is 9.59. The second-order valence-electron chi connectivity index (χ2n) is 7.19. The molecule has 1 amide bonds. The number of rotatable bonds is 5. The number of fused-ring (bicyclic) bond motifs is 1. The van der Waals surface area contributed by atoms with Crippen molar-refractivity contribution in [3.8, 4) is 0 Å². The molecular weight excluding hydrogens is 332 g/mol. The molecule has 0 saturated heterocycles. The molecular formula is C24H25N2O+. The van der Waals surface area contributed by atoms with Crippen molar-refractivity contribution in [2.45, 2.75) is 19.0 Å². The van der Waals surface area contributed by atoms with Crippen LogP contribution in [0.2, 0.25) is 0 Å². The van der Waals surface area contributed by atoms with Crippen molar-refractivity contribution < 1.29 is 9.69 Å². The highest BCUT2D eigenvalue weighted by Crippen LogP contribution is 2.21. The van der Waals surface area contributed by atoms with E-state index in [4.69, 9.17) is 0 Å². The summed E-state index contributed by atoms with van der Waals surface area (Å²) in [5.74, 6) is 0.0992. The lowest BCUT2D eigenvalue weighted by atomic mass is 9.98. The molecule has 1 atom stereocenters. The van der Waals surface area contributed by atoms with Crippen molar-refractivity contribution in [1.29, 1.82) is 0 Å². The van der Waals surface area contributed by atoms with Gasteiger partial charge in [-0.3, -0.25) is 4.79 Å². The lowest BCUT2D eigenvalue weighted by molar-refractivity contribution is -0.908. The molecule has 3 aromatic carbocycles. The Morgan fingerprint density at radius 1 is 0.815 bits per heavy atom. The van der Waals surface area contributed by atoms with Crippen LogP contribution in [0.15, 0.2) is 84.9 Å². The highest BCUT2D eigenvalue weighted by atomic mass is 16.2. The first-order chi connectivity index (χ1) is 13.3. The molecule has 1 aliphatic heterocycles. The predicted octanol–water partition coefficient (Wildman–Crippen LogP) is 2.53. The SMILES string of the molecule is O=C(C[NH+]1CCc2ccccc2C1)NC(c1ccccc1)c1ccccc1. The van der Waals surface area contributed by atoms with Gasteiger partial charge in [0, 0.05) is 12.0 Å². The standard InChI is InChI=1S/C24H24N2O/c27-23(18-26-16-15-19-9-7-8-14-22(19)17-26)25-24(20-10-3-1-4-11-20)21-12-5-2-6-13-21/h1-14,24H,15-18H2,(H,25,27)/p+1. The molecule has 0 fully saturated rings. The van der Waals surface area contributed by atoms with Crippen LogP contribution in [0.1, 0.15) is 28.3 Å². The topological polar surface area (TPSA) is 33.5 Å². The van der Waals surface area contributed by atoms with Crippen molar-refractivity contribution in [3.05, 3.63) is 107 Å². The van der Waals surface area contributed by atoms with E-state index in [-0.39, 0.29) is 11.9 Å². The number of quaternary nitrogens is 1. The molecule has 136 valence electrons. The normalized spacial score (nSPS) is 16.0. The van der Waals surface area contributed by atoms with Gasteiger partial charge in [0.1, 0.15) is 6.54 Å². The number of amides is 1. The summed E-state index contributed by atoms with van der Waals surface area (Å²) in [4.78, 5) is 14.2. The lowest BCUT2D eigenvalue weighted by Crippen LogP contribution is -3.12. The third kappa shape index (κ3) is 4.26. The van der Waals surface area contributed by atoms with Crippen LogP contribution >= 0.6 is 0 Å². The Labute approximate surface area is 160 Å². The van der Waals surface area contributed by atoms with Crippen LogP contribution in [0.3, 0.4) is 0 Å². The van der Waals surface area contributed by atoms with Gasteiger partial charge in [0.05, 0.1) is 12.6 Å². The van der Waals surface area contributed by atoms with Crippen molar-refractivity contribution in [2.75, 3.05) is 13.1 Å². The molecule has 27 heavy (non-hydrogen) atoms. The molecule has 1 unspecified atom stereocenters. The lowest BCUT2D eigenvalue weighted by Gasteiger charge is -2.26. The molecule has 0 spiro atoms. The quantitative estimate of drug-likeness (QED) is 0.723. The fourth-order valence-corrected chi connectivity index (χ4v) is 3.88. The second-order valence-corrected chi connectivity index (χ2v) is 7.19. The molecule has 0 saturated carbocycles. The summed E-state index contributed by atoms with van der Waals surface area (Å²) in [6, 6.07) is 28.8. The maximum absolute atomic E-state index is 12.8. The molecule has 3 aromatic rings. The maximum Gasteiger partial charge on any atom is 0.275 e.